The Morgan fingerprint density at radius 2 is 2.12 bits per heavy atom. The minimum atomic E-state index is -0.592. The molecule has 5 nitrogen and oxygen atoms in total. The Labute approximate surface area is 152 Å². The molecule has 0 unspecified atom stereocenters. The number of benzene rings is 2. The summed E-state index contributed by atoms with van der Waals surface area (Å²) in [7, 11) is 0. The van der Waals surface area contributed by atoms with E-state index in [9.17, 15) is 9.18 Å². The molecule has 0 aliphatic rings. The zero-order valence-corrected chi connectivity index (χ0v) is 14.7. The standard InChI is InChI=1S/C17H13ClFN3O2S/c1-10-3-2-4-11(7-10)16-21-22-17(24-16)25-9-15(23)20-14-6-5-12(18)8-13(14)19/h2-8H,9H2,1H3,(H,20,23). The maximum Gasteiger partial charge on any atom is 0.277 e. The summed E-state index contributed by atoms with van der Waals surface area (Å²) >= 11 is 6.75. The van der Waals surface area contributed by atoms with Gasteiger partial charge in [-0.1, -0.05) is 41.1 Å². The molecule has 3 rings (SSSR count). The van der Waals surface area contributed by atoms with Crippen molar-refractivity contribution >= 4 is 35.0 Å². The van der Waals surface area contributed by atoms with Gasteiger partial charge in [-0.2, -0.15) is 0 Å². The molecule has 3 aromatic rings. The van der Waals surface area contributed by atoms with Crippen molar-refractivity contribution in [2.75, 3.05) is 11.1 Å². The van der Waals surface area contributed by atoms with E-state index in [1.54, 1.807) is 0 Å². The smallest absolute Gasteiger partial charge is 0.277 e. The molecule has 8 heteroatoms. The first-order chi connectivity index (χ1) is 12.0. The third kappa shape index (κ3) is 4.58. The molecule has 1 N–H and O–H groups in total. The summed E-state index contributed by atoms with van der Waals surface area (Å²) in [5.74, 6) is -0.584. The van der Waals surface area contributed by atoms with Gasteiger partial charge >= 0.3 is 0 Å². The van der Waals surface area contributed by atoms with Gasteiger partial charge in [0, 0.05) is 10.6 Å². The van der Waals surface area contributed by atoms with Crippen LogP contribution in [0.1, 0.15) is 5.56 Å². The molecule has 0 spiro atoms. The monoisotopic (exact) mass is 377 g/mol. The Kier molecular flexibility index (Phi) is 5.35. The van der Waals surface area contributed by atoms with Crippen LogP contribution >= 0.6 is 23.4 Å². The average Bonchev–Trinajstić information content (AvgIpc) is 3.05. The van der Waals surface area contributed by atoms with Crippen LogP contribution in [0.2, 0.25) is 5.02 Å². The highest BCUT2D eigenvalue weighted by Crippen LogP contribution is 2.24. The molecule has 0 atom stereocenters. The Hall–Kier alpha value is -2.38. The van der Waals surface area contributed by atoms with Gasteiger partial charge in [-0.05, 0) is 37.3 Å². The number of carbonyl (C=O) groups is 1. The van der Waals surface area contributed by atoms with Crippen LogP contribution in [0.25, 0.3) is 11.5 Å². The topological polar surface area (TPSA) is 68.0 Å². The minimum Gasteiger partial charge on any atom is -0.411 e. The number of hydrogen-bond acceptors (Lipinski definition) is 5. The van der Waals surface area contributed by atoms with Gasteiger partial charge in [0.2, 0.25) is 11.8 Å². The van der Waals surface area contributed by atoms with Crippen molar-refractivity contribution in [1.82, 2.24) is 10.2 Å². The first-order valence-electron chi connectivity index (χ1n) is 7.29. The SMILES string of the molecule is Cc1cccc(-c2nnc(SCC(=O)Nc3ccc(Cl)cc3F)o2)c1. The fourth-order valence-electron chi connectivity index (χ4n) is 2.07. The second-order valence-corrected chi connectivity index (χ2v) is 6.57. The number of anilines is 1. The lowest BCUT2D eigenvalue weighted by molar-refractivity contribution is -0.113. The molecular weight excluding hydrogens is 365 g/mol. The van der Waals surface area contributed by atoms with E-state index >= 15 is 0 Å². The van der Waals surface area contributed by atoms with Gasteiger partial charge in [-0.25, -0.2) is 4.39 Å². The van der Waals surface area contributed by atoms with E-state index in [1.807, 2.05) is 31.2 Å². The van der Waals surface area contributed by atoms with Crippen LogP contribution in [0.4, 0.5) is 10.1 Å². The first kappa shape index (κ1) is 17.4. The lowest BCUT2D eigenvalue weighted by atomic mass is 10.1. The molecule has 1 aromatic heterocycles. The van der Waals surface area contributed by atoms with Gasteiger partial charge in [0.25, 0.3) is 5.22 Å². The number of amides is 1. The highest BCUT2D eigenvalue weighted by molar-refractivity contribution is 7.99. The van der Waals surface area contributed by atoms with E-state index in [2.05, 4.69) is 15.5 Å². The van der Waals surface area contributed by atoms with Crippen LogP contribution in [0, 0.1) is 12.7 Å². The molecule has 128 valence electrons. The molecule has 0 aliphatic heterocycles. The number of nitrogens with one attached hydrogen (secondary N) is 1. The van der Waals surface area contributed by atoms with Crippen LogP contribution in [-0.2, 0) is 4.79 Å². The predicted molar refractivity (Wildman–Crippen MR) is 95.2 cm³/mol. The summed E-state index contributed by atoms with van der Waals surface area (Å²) in [6.45, 7) is 1.97. The zero-order valence-electron chi connectivity index (χ0n) is 13.1. The summed E-state index contributed by atoms with van der Waals surface area (Å²) in [6.07, 6.45) is 0. The van der Waals surface area contributed by atoms with Crippen LogP contribution < -0.4 is 5.32 Å². The highest BCUT2D eigenvalue weighted by Gasteiger charge is 2.12. The number of aryl methyl sites for hydroxylation is 1. The molecule has 1 heterocycles. The van der Waals surface area contributed by atoms with Crippen LogP contribution in [-0.4, -0.2) is 21.9 Å². The Morgan fingerprint density at radius 3 is 2.88 bits per heavy atom. The first-order valence-corrected chi connectivity index (χ1v) is 8.66. The molecular formula is C17H13ClFN3O2S. The average molecular weight is 378 g/mol. The number of thioether (sulfide) groups is 1. The largest absolute Gasteiger partial charge is 0.411 e. The van der Waals surface area contributed by atoms with Crippen molar-refractivity contribution in [3.63, 3.8) is 0 Å². The quantitative estimate of drug-likeness (QED) is 0.660. The summed E-state index contributed by atoms with van der Waals surface area (Å²) in [5.41, 5.74) is 1.96. The van der Waals surface area contributed by atoms with Gasteiger partial charge in [-0.3, -0.25) is 4.79 Å². The van der Waals surface area contributed by atoms with Crippen molar-refractivity contribution in [2.24, 2.45) is 0 Å². The molecule has 0 saturated carbocycles. The normalized spacial score (nSPS) is 10.7. The molecule has 0 aliphatic carbocycles. The summed E-state index contributed by atoms with van der Waals surface area (Å²) in [4.78, 5) is 11.9. The third-order valence-electron chi connectivity index (χ3n) is 3.20. The number of halogens is 2. The number of rotatable bonds is 5. The van der Waals surface area contributed by atoms with E-state index in [-0.39, 0.29) is 27.6 Å². The second kappa shape index (κ2) is 7.67. The molecule has 1 amide bonds. The van der Waals surface area contributed by atoms with Crippen LogP contribution in [0.15, 0.2) is 52.1 Å². The third-order valence-corrected chi connectivity index (χ3v) is 4.26. The fraction of sp³-hybridized carbons (Fsp3) is 0.118. The van der Waals surface area contributed by atoms with Gasteiger partial charge in [0.1, 0.15) is 5.82 Å². The maximum absolute atomic E-state index is 13.7. The van der Waals surface area contributed by atoms with Gasteiger partial charge in [-0.15, -0.1) is 10.2 Å². The van der Waals surface area contributed by atoms with Gasteiger partial charge in [0.05, 0.1) is 11.4 Å². The van der Waals surface area contributed by atoms with Crippen molar-refractivity contribution < 1.29 is 13.6 Å². The number of nitrogens with zero attached hydrogens (tertiary/aromatic N) is 2. The van der Waals surface area contributed by atoms with E-state index < -0.39 is 5.82 Å². The van der Waals surface area contributed by atoms with Gasteiger partial charge < -0.3 is 9.73 Å². The van der Waals surface area contributed by atoms with Crippen molar-refractivity contribution in [2.45, 2.75) is 12.1 Å². The number of aromatic nitrogens is 2. The van der Waals surface area contributed by atoms with Crippen molar-refractivity contribution in [3.8, 4) is 11.5 Å². The molecule has 0 radical (unpaired) electrons. The van der Waals surface area contributed by atoms with E-state index in [0.29, 0.717) is 5.89 Å². The lowest BCUT2D eigenvalue weighted by Gasteiger charge is -2.05. The Balaban J connectivity index is 1.59. The molecule has 0 saturated heterocycles. The van der Waals surface area contributed by atoms with Crippen LogP contribution in [0.3, 0.4) is 0 Å². The van der Waals surface area contributed by atoms with E-state index in [0.717, 1.165) is 29.0 Å². The van der Waals surface area contributed by atoms with E-state index in [1.165, 1.54) is 12.1 Å². The van der Waals surface area contributed by atoms with Crippen molar-refractivity contribution in [1.29, 1.82) is 0 Å². The number of carbonyl (C=O) groups excluding carboxylic acids is 1. The molecule has 0 bridgehead atoms. The fourth-order valence-corrected chi connectivity index (χ4v) is 2.79. The zero-order chi connectivity index (χ0) is 17.8. The lowest BCUT2D eigenvalue weighted by Crippen LogP contribution is -2.15. The molecule has 2 aromatic carbocycles. The number of hydrogen-bond donors (Lipinski definition) is 1. The minimum absolute atomic E-state index is 0.0114. The summed E-state index contributed by atoms with van der Waals surface area (Å²) in [6, 6.07) is 11.7. The maximum atomic E-state index is 13.7. The van der Waals surface area contributed by atoms with E-state index in [4.69, 9.17) is 16.0 Å². The second-order valence-electron chi connectivity index (χ2n) is 5.20. The molecule has 0 fully saturated rings. The highest BCUT2D eigenvalue weighted by atomic mass is 35.5. The van der Waals surface area contributed by atoms with Gasteiger partial charge in [0.15, 0.2) is 0 Å². The molecule has 25 heavy (non-hydrogen) atoms. The van der Waals surface area contributed by atoms with Crippen molar-refractivity contribution in [3.05, 3.63) is 58.9 Å². The van der Waals surface area contributed by atoms with Crippen LogP contribution in [0.5, 0.6) is 0 Å². The predicted octanol–water partition coefficient (Wildman–Crippen LogP) is 4.57. The Morgan fingerprint density at radius 1 is 1.28 bits per heavy atom. The summed E-state index contributed by atoms with van der Waals surface area (Å²) in [5, 5.41) is 10.9. The Bertz CT molecular complexity index is 916. The summed E-state index contributed by atoms with van der Waals surface area (Å²) < 4.78 is 19.2.